The highest BCUT2D eigenvalue weighted by molar-refractivity contribution is 7.99. The Kier molecular flexibility index (Phi) is 6.51. The molecule has 2 aromatic carbocycles. The van der Waals surface area contributed by atoms with Crippen molar-refractivity contribution in [3.63, 3.8) is 0 Å². The van der Waals surface area contributed by atoms with Crippen molar-refractivity contribution in [2.45, 2.75) is 25.4 Å². The number of amides is 1. The van der Waals surface area contributed by atoms with Gasteiger partial charge in [0.25, 0.3) is 5.56 Å². The molecule has 0 fully saturated rings. The summed E-state index contributed by atoms with van der Waals surface area (Å²) in [6, 6.07) is 14.9. The summed E-state index contributed by atoms with van der Waals surface area (Å²) in [6.45, 7) is 4.44. The zero-order chi connectivity index (χ0) is 24.4. The van der Waals surface area contributed by atoms with Crippen LogP contribution in [0.25, 0.3) is 27.6 Å². The first-order chi connectivity index (χ1) is 17.1. The van der Waals surface area contributed by atoms with Crippen LogP contribution >= 0.6 is 23.1 Å². The molecule has 0 saturated heterocycles. The maximum Gasteiger partial charge on any atom is 0.283 e. The third-order valence-corrected chi connectivity index (χ3v) is 7.17. The standard InChI is InChI=1S/C24H22N6O3S2/c1-3-19-28-29-23(35-19)26-18(31)13-34-24-27-20-16-7-5-6-8-17(16)25-21(20)22(32)30(24)14-9-11-15(12-10-14)33-4-2/h5-12,25H,3-4,13H2,1-2H3,(H,26,29,31). The molecule has 0 unspecified atom stereocenters. The highest BCUT2D eigenvalue weighted by Crippen LogP contribution is 2.27. The fraction of sp³-hybridized carbons (Fsp3) is 0.208. The van der Waals surface area contributed by atoms with Crippen LogP contribution in [-0.2, 0) is 11.2 Å². The third-order valence-electron chi connectivity index (χ3n) is 5.25. The van der Waals surface area contributed by atoms with E-state index in [0.717, 1.165) is 22.3 Å². The predicted octanol–water partition coefficient (Wildman–Crippen LogP) is 4.41. The predicted molar refractivity (Wildman–Crippen MR) is 139 cm³/mol. The molecule has 0 aliphatic carbocycles. The van der Waals surface area contributed by atoms with Crippen molar-refractivity contribution in [1.82, 2.24) is 24.7 Å². The molecule has 3 heterocycles. The molecule has 5 rings (SSSR count). The molecule has 11 heteroatoms. The molecule has 35 heavy (non-hydrogen) atoms. The van der Waals surface area contributed by atoms with Gasteiger partial charge in [0, 0.05) is 10.9 Å². The molecule has 3 aromatic heterocycles. The SMILES string of the molecule is CCOc1ccc(-n2c(SCC(=O)Nc3nnc(CC)s3)nc3c([nH]c4ccccc43)c2=O)cc1. The Hall–Kier alpha value is -3.70. The van der Waals surface area contributed by atoms with Gasteiger partial charge in [-0.15, -0.1) is 10.2 Å². The second-order valence-corrected chi connectivity index (χ2v) is 9.55. The quantitative estimate of drug-likeness (QED) is 0.237. The number of anilines is 1. The van der Waals surface area contributed by atoms with Gasteiger partial charge in [-0.2, -0.15) is 0 Å². The molecular weight excluding hydrogens is 484 g/mol. The van der Waals surface area contributed by atoms with E-state index < -0.39 is 0 Å². The third kappa shape index (κ3) is 4.64. The van der Waals surface area contributed by atoms with Gasteiger partial charge in [-0.25, -0.2) is 4.98 Å². The number of hydrogen-bond acceptors (Lipinski definition) is 8. The van der Waals surface area contributed by atoms with Crippen molar-refractivity contribution >= 4 is 56.1 Å². The van der Waals surface area contributed by atoms with E-state index in [-0.39, 0.29) is 17.2 Å². The Morgan fingerprint density at radius 3 is 2.69 bits per heavy atom. The van der Waals surface area contributed by atoms with E-state index in [0.29, 0.717) is 39.4 Å². The van der Waals surface area contributed by atoms with E-state index in [2.05, 4.69) is 20.5 Å². The van der Waals surface area contributed by atoms with Crippen molar-refractivity contribution in [2.24, 2.45) is 0 Å². The van der Waals surface area contributed by atoms with Crippen molar-refractivity contribution in [3.8, 4) is 11.4 Å². The number of hydrogen-bond donors (Lipinski definition) is 2. The summed E-state index contributed by atoms with van der Waals surface area (Å²) in [5.74, 6) is 0.514. The van der Waals surface area contributed by atoms with E-state index in [9.17, 15) is 9.59 Å². The van der Waals surface area contributed by atoms with E-state index in [1.54, 1.807) is 12.1 Å². The van der Waals surface area contributed by atoms with Gasteiger partial charge in [0.15, 0.2) is 5.16 Å². The molecule has 0 atom stereocenters. The lowest BCUT2D eigenvalue weighted by atomic mass is 10.2. The van der Waals surface area contributed by atoms with Crippen LogP contribution in [0.15, 0.2) is 58.5 Å². The number of fused-ring (bicyclic) bond motifs is 3. The zero-order valence-electron chi connectivity index (χ0n) is 19.1. The summed E-state index contributed by atoms with van der Waals surface area (Å²) in [7, 11) is 0. The van der Waals surface area contributed by atoms with Gasteiger partial charge < -0.3 is 9.72 Å². The van der Waals surface area contributed by atoms with Crippen molar-refractivity contribution in [3.05, 3.63) is 63.9 Å². The van der Waals surface area contributed by atoms with Crippen LogP contribution in [0.2, 0.25) is 0 Å². The number of aromatic nitrogens is 5. The second kappa shape index (κ2) is 9.88. The Morgan fingerprint density at radius 2 is 1.94 bits per heavy atom. The maximum absolute atomic E-state index is 13.6. The molecule has 2 N–H and O–H groups in total. The minimum Gasteiger partial charge on any atom is -0.494 e. The molecule has 0 spiro atoms. The highest BCUT2D eigenvalue weighted by atomic mass is 32.2. The van der Waals surface area contributed by atoms with Crippen LogP contribution in [0.5, 0.6) is 5.75 Å². The fourth-order valence-corrected chi connectivity index (χ4v) is 5.16. The summed E-state index contributed by atoms with van der Waals surface area (Å²) in [5, 5.41) is 13.4. The number of nitrogens with one attached hydrogen (secondary N) is 2. The molecule has 5 aromatic rings. The van der Waals surface area contributed by atoms with E-state index in [1.165, 1.54) is 27.7 Å². The average molecular weight is 507 g/mol. The van der Waals surface area contributed by atoms with Gasteiger partial charge in [-0.3, -0.25) is 19.5 Å². The molecular formula is C24H22N6O3S2. The van der Waals surface area contributed by atoms with Gasteiger partial charge in [0.05, 0.1) is 18.0 Å². The fourth-order valence-electron chi connectivity index (χ4n) is 3.66. The summed E-state index contributed by atoms with van der Waals surface area (Å²) < 4.78 is 7.05. The smallest absolute Gasteiger partial charge is 0.283 e. The van der Waals surface area contributed by atoms with Crippen LogP contribution in [0, 0.1) is 0 Å². The lowest BCUT2D eigenvalue weighted by molar-refractivity contribution is -0.113. The average Bonchev–Trinajstić information content (AvgIpc) is 3.48. The first-order valence-corrected chi connectivity index (χ1v) is 12.9. The van der Waals surface area contributed by atoms with Gasteiger partial charge in [-0.1, -0.05) is 48.2 Å². The van der Waals surface area contributed by atoms with Gasteiger partial charge in [-0.05, 0) is 43.7 Å². The number of ether oxygens (including phenoxy) is 1. The molecule has 0 saturated carbocycles. The minimum absolute atomic E-state index is 0.0539. The number of carbonyl (C=O) groups excluding carboxylic acids is 1. The Balaban J connectivity index is 1.53. The molecule has 0 radical (unpaired) electrons. The Bertz CT molecular complexity index is 1570. The number of para-hydroxylation sites is 1. The Morgan fingerprint density at radius 1 is 1.14 bits per heavy atom. The number of H-pyrrole nitrogens is 1. The lowest BCUT2D eigenvalue weighted by Crippen LogP contribution is -2.23. The molecule has 9 nitrogen and oxygen atoms in total. The number of rotatable bonds is 8. The zero-order valence-corrected chi connectivity index (χ0v) is 20.7. The number of thioether (sulfide) groups is 1. The van der Waals surface area contributed by atoms with Crippen molar-refractivity contribution in [2.75, 3.05) is 17.7 Å². The Labute approximate surface area is 208 Å². The van der Waals surface area contributed by atoms with Crippen molar-refractivity contribution < 1.29 is 9.53 Å². The number of nitrogens with zero attached hydrogens (tertiary/aromatic N) is 4. The summed E-state index contributed by atoms with van der Waals surface area (Å²) in [4.78, 5) is 34.3. The molecule has 0 aliphatic heterocycles. The topological polar surface area (TPSA) is 115 Å². The number of carbonyl (C=O) groups is 1. The van der Waals surface area contributed by atoms with E-state index in [4.69, 9.17) is 9.72 Å². The summed E-state index contributed by atoms with van der Waals surface area (Å²) in [5.41, 5.74) is 2.21. The van der Waals surface area contributed by atoms with Crippen molar-refractivity contribution in [1.29, 1.82) is 0 Å². The highest BCUT2D eigenvalue weighted by Gasteiger charge is 2.18. The van der Waals surface area contributed by atoms with Gasteiger partial charge >= 0.3 is 0 Å². The number of benzene rings is 2. The van der Waals surface area contributed by atoms with Gasteiger partial charge in [0.2, 0.25) is 11.0 Å². The van der Waals surface area contributed by atoms with Gasteiger partial charge in [0.1, 0.15) is 21.8 Å². The van der Waals surface area contributed by atoms with Crippen LogP contribution < -0.4 is 15.6 Å². The second-order valence-electron chi connectivity index (χ2n) is 7.55. The lowest BCUT2D eigenvalue weighted by Gasteiger charge is -2.13. The monoisotopic (exact) mass is 506 g/mol. The molecule has 0 bridgehead atoms. The summed E-state index contributed by atoms with van der Waals surface area (Å²) in [6.07, 6.45) is 0.755. The molecule has 0 aliphatic rings. The minimum atomic E-state index is -0.250. The van der Waals surface area contributed by atoms with Crippen LogP contribution in [-0.4, -0.2) is 43.0 Å². The molecule has 1 amide bonds. The van der Waals surface area contributed by atoms with Crippen LogP contribution in [0.4, 0.5) is 5.13 Å². The van der Waals surface area contributed by atoms with E-state index >= 15 is 0 Å². The van der Waals surface area contributed by atoms with Crippen LogP contribution in [0.1, 0.15) is 18.9 Å². The maximum atomic E-state index is 13.6. The summed E-state index contributed by atoms with van der Waals surface area (Å²) >= 11 is 2.53. The number of aromatic amines is 1. The number of aryl methyl sites for hydroxylation is 1. The van der Waals surface area contributed by atoms with E-state index in [1.807, 2.05) is 50.2 Å². The molecule has 178 valence electrons. The first kappa shape index (κ1) is 23.1. The van der Waals surface area contributed by atoms with Crippen LogP contribution in [0.3, 0.4) is 0 Å². The normalized spacial score (nSPS) is 11.3. The first-order valence-electron chi connectivity index (χ1n) is 11.1. The largest absolute Gasteiger partial charge is 0.494 e.